The van der Waals surface area contributed by atoms with Gasteiger partial charge in [0, 0.05) is 11.8 Å². The van der Waals surface area contributed by atoms with E-state index in [9.17, 15) is 0 Å². The van der Waals surface area contributed by atoms with Crippen molar-refractivity contribution >= 4 is 34.8 Å². The molecule has 0 aliphatic carbocycles. The highest BCUT2D eigenvalue weighted by Gasteiger charge is 2.04. The molecular weight excluding hydrogens is 256 g/mol. The minimum Gasteiger partial charge on any atom is -0.267 e. The van der Waals surface area contributed by atoms with Crippen LogP contribution in [-0.2, 0) is 6.54 Å². The maximum absolute atomic E-state index is 5.92. The highest BCUT2D eigenvalue weighted by Crippen LogP contribution is 2.18. The van der Waals surface area contributed by atoms with Crippen LogP contribution in [0.1, 0.15) is 5.56 Å². The molecular formula is C9H6Cl3N3. The van der Waals surface area contributed by atoms with Gasteiger partial charge < -0.3 is 0 Å². The summed E-state index contributed by atoms with van der Waals surface area (Å²) in [6.07, 6.45) is 3.28. The summed E-state index contributed by atoms with van der Waals surface area (Å²) < 4.78 is 1.68. The van der Waals surface area contributed by atoms with Gasteiger partial charge in [-0.2, -0.15) is 5.10 Å². The van der Waals surface area contributed by atoms with Crippen LogP contribution in [0.25, 0.3) is 0 Å². The number of halogens is 3. The lowest BCUT2D eigenvalue weighted by Crippen LogP contribution is -2.01. The molecule has 0 spiro atoms. The summed E-state index contributed by atoms with van der Waals surface area (Å²) in [5.74, 6) is 0. The Morgan fingerprint density at radius 1 is 1.20 bits per heavy atom. The number of hydrogen-bond acceptors (Lipinski definition) is 2. The van der Waals surface area contributed by atoms with Crippen LogP contribution in [0.4, 0.5) is 0 Å². The third kappa shape index (κ3) is 2.62. The molecule has 2 heterocycles. The number of nitrogens with zero attached hydrogens (tertiary/aromatic N) is 3. The summed E-state index contributed by atoms with van der Waals surface area (Å²) in [5, 5.41) is 5.39. The first-order chi connectivity index (χ1) is 7.15. The molecule has 15 heavy (non-hydrogen) atoms. The number of pyridine rings is 1. The van der Waals surface area contributed by atoms with E-state index in [2.05, 4.69) is 10.1 Å². The molecule has 0 bridgehead atoms. The Morgan fingerprint density at radius 3 is 2.60 bits per heavy atom. The molecule has 0 aliphatic rings. The fraction of sp³-hybridized carbons (Fsp3) is 0.111. The first-order valence-electron chi connectivity index (χ1n) is 4.14. The maximum atomic E-state index is 5.92. The molecule has 0 fully saturated rings. The Labute approximate surface area is 102 Å². The molecule has 0 amide bonds. The molecule has 2 aromatic heterocycles. The molecule has 0 aliphatic heterocycles. The summed E-state index contributed by atoms with van der Waals surface area (Å²) in [5.41, 5.74) is 0.848. The van der Waals surface area contributed by atoms with Gasteiger partial charge in [0.2, 0.25) is 0 Å². The lowest BCUT2D eigenvalue weighted by Gasteiger charge is -2.03. The lowest BCUT2D eigenvalue weighted by atomic mass is 10.3. The van der Waals surface area contributed by atoms with Crippen LogP contribution < -0.4 is 0 Å². The summed E-state index contributed by atoms with van der Waals surface area (Å²) >= 11 is 17.3. The van der Waals surface area contributed by atoms with E-state index >= 15 is 0 Å². The summed E-state index contributed by atoms with van der Waals surface area (Å²) in [6, 6.07) is 3.50. The summed E-state index contributed by atoms with van der Waals surface area (Å²) in [4.78, 5) is 3.93. The Morgan fingerprint density at radius 2 is 2.00 bits per heavy atom. The Kier molecular flexibility index (Phi) is 3.14. The Hall–Kier alpha value is -0.770. The normalized spacial score (nSPS) is 10.6. The van der Waals surface area contributed by atoms with E-state index in [1.165, 1.54) is 0 Å². The van der Waals surface area contributed by atoms with Gasteiger partial charge in [0.1, 0.15) is 10.3 Å². The summed E-state index contributed by atoms with van der Waals surface area (Å²) in [7, 11) is 0. The molecule has 0 saturated carbocycles. The van der Waals surface area contributed by atoms with Crippen LogP contribution in [0.15, 0.2) is 24.5 Å². The van der Waals surface area contributed by atoms with E-state index in [0.29, 0.717) is 21.9 Å². The maximum Gasteiger partial charge on any atom is 0.135 e. The van der Waals surface area contributed by atoms with Gasteiger partial charge in [-0.15, -0.1) is 0 Å². The SMILES string of the molecule is Clc1cnn(Cc2ccc(Cl)nc2Cl)c1. The van der Waals surface area contributed by atoms with Crippen molar-refractivity contribution < 1.29 is 0 Å². The van der Waals surface area contributed by atoms with Gasteiger partial charge in [-0.25, -0.2) is 4.98 Å². The van der Waals surface area contributed by atoms with E-state index < -0.39 is 0 Å². The van der Waals surface area contributed by atoms with Crippen LogP contribution in [0.5, 0.6) is 0 Å². The van der Waals surface area contributed by atoms with Crippen molar-refractivity contribution in [3.63, 3.8) is 0 Å². The van der Waals surface area contributed by atoms with Crippen molar-refractivity contribution in [2.24, 2.45) is 0 Å². The van der Waals surface area contributed by atoms with Gasteiger partial charge >= 0.3 is 0 Å². The van der Waals surface area contributed by atoms with Crippen LogP contribution in [0.2, 0.25) is 15.3 Å². The first-order valence-corrected chi connectivity index (χ1v) is 5.27. The Balaban J connectivity index is 2.24. The molecule has 0 N–H and O–H groups in total. The average molecular weight is 263 g/mol. The third-order valence-corrected chi connectivity index (χ3v) is 2.56. The predicted molar refractivity (Wildman–Crippen MR) is 60.6 cm³/mol. The van der Waals surface area contributed by atoms with Gasteiger partial charge in [-0.1, -0.05) is 40.9 Å². The zero-order valence-electron chi connectivity index (χ0n) is 7.49. The average Bonchev–Trinajstić information content (AvgIpc) is 2.56. The van der Waals surface area contributed by atoms with Crippen molar-refractivity contribution in [1.82, 2.24) is 14.8 Å². The molecule has 0 aromatic carbocycles. The molecule has 2 rings (SSSR count). The van der Waals surface area contributed by atoms with Crippen LogP contribution in [0, 0.1) is 0 Å². The quantitative estimate of drug-likeness (QED) is 0.778. The highest BCUT2D eigenvalue weighted by molar-refractivity contribution is 6.32. The van der Waals surface area contributed by atoms with E-state index in [-0.39, 0.29) is 0 Å². The second kappa shape index (κ2) is 4.39. The molecule has 3 nitrogen and oxygen atoms in total. The van der Waals surface area contributed by atoms with Crippen molar-refractivity contribution in [2.75, 3.05) is 0 Å². The zero-order chi connectivity index (χ0) is 10.8. The van der Waals surface area contributed by atoms with Crippen LogP contribution in [0.3, 0.4) is 0 Å². The fourth-order valence-corrected chi connectivity index (χ4v) is 1.72. The second-order valence-corrected chi connectivity index (χ2v) is 4.12. The molecule has 6 heteroatoms. The van der Waals surface area contributed by atoms with E-state index in [0.717, 1.165) is 5.56 Å². The molecule has 78 valence electrons. The fourth-order valence-electron chi connectivity index (χ4n) is 1.16. The van der Waals surface area contributed by atoms with E-state index in [1.54, 1.807) is 23.1 Å². The minimum absolute atomic E-state index is 0.377. The molecule has 2 aromatic rings. The molecule has 0 unspecified atom stereocenters. The topological polar surface area (TPSA) is 30.7 Å². The van der Waals surface area contributed by atoms with Crippen molar-refractivity contribution in [3.8, 4) is 0 Å². The van der Waals surface area contributed by atoms with Crippen LogP contribution >= 0.6 is 34.8 Å². The van der Waals surface area contributed by atoms with E-state index in [1.807, 2.05) is 6.07 Å². The van der Waals surface area contributed by atoms with Gasteiger partial charge in [0.15, 0.2) is 0 Å². The Bertz CT molecular complexity index is 481. The zero-order valence-corrected chi connectivity index (χ0v) is 9.76. The number of hydrogen-bond donors (Lipinski definition) is 0. The largest absolute Gasteiger partial charge is 0.267 e. The second-order valence-electron chi connectivity index (χ2n) is 2.94. The molecule has 0 saturated heterocycles. The van der Waals surface area contributed by atoms with Crippen LogP contribution in [-0.4, -0.2) is 14.8 Å². The lowest BCUT2D eigenvalue weighted by molar-refractivity contribution is 0.685. The summed E-state index contributed by atoms with van der Waals surface area (Å²) in [6.45, 7) is 0.524. The van der Waals surface area contributed by atoms with Crippen molar-refractivity contribution in [1.29, 1.82) is 0 Å². The smallest absolute Gasteiger partial charge is 0.135 e. The van der Waals surface area contributed by atoms with Gasteiger partial charge in [0.05, 0.1) is 17.8 Å². The number of rotatable bonds is 2. The van der Waals surface area contributed by atoms with Crippen molar-refractivity contribution in [3.05, 3.63) is 45.4 Å². The van der Waals surface area contributed by atoms with Crippen molar-refractivity contribution in [2.45, 2.75) is 6.54 Å². The standard InChI is InChI=1S/C9H6Cl3N3/c10-7-3-13-15(5-7)4-6-1-2-8(11)14-9(6)12/h1-3,5H,4H2. The molecule has 0 radical (unpaired) electrons. The predicted octanol–water partition coefficient (Wildman–Crippen LogP) is 3.29. The monoisotopic (exact) mass is 261 g/mol. The minimum atomic E-state index is 0.377. The highest BCUT2D eigenvalue weighted by atomic mass is 35.5. The first kappa shape index (κ1) is 10.7. The van der Waals surface area contributed by atoms with Gasteiger partial charge in [-0.05, 0) is 6.07 Å². The van der Waals surface area contributed by atoms with Gasteiger partial charge in [0.25, 0.3) is 0 Å². The van der Waals surface area contributed by atoms with E-state index in [4.69, 9.17) is 34.8 Å². The number of aromatic nitrogens is 3. The molecule has 0 atom stereocenters. The third-order valence-electron chi connectivity index (χ3n) is 1.83. The van der Waals surface area contributed by atoms with Gasteiger partial charge in [-0.3, -0.25) is 4.68 Å².